The van der Waals surface area contributed by atoms with Gasteiger partial charge >= 0.3 is 0 Å². The highest BCUT2D eigenvalue weighted by molar-refractivity contribution is 9.10. The van der Waals surface area contributed by atoms with Crippen molar-refractivity contribution in [3.05, 3.63) is 52.0 Å². The average Bonchev–Trinajstić information content (AvgIpc) is 3.49. The molecule has 4 rings (SSSR count). The smallest absolute Gasteiger partial charge is 0.247 e. The summed E-state index contributed by atoms with van der Waals surface area (Å²) in [6, 6.07) is 11.1. The number of amides is 1. The molecule has 11 heteroatoms. The van der Waals surface area contributed by atoms with E-state index in [-0.39, 0.29) is 10.8 Å². The van der Waals surface area contributed by atoms with E-state index in [1.165, 1.54) is 27.8 Å². The van der Waals surface area contributed by atoms with Crippen molar-refractivity contribution in [2.75, 3.05) is 37.6 Å². The number of rotatable bonds is 9. The van der Waals surface area contributed by atoms with Gasteiger partial charge in [0, 0.05) is 29.1 Å². The Bertz CT molecular complexity index is 1300. The third kappa shape index (κ3) is 5.73. The molecule has 0 spiro atoms. The van der Waals surface area contributed by atoms with Gasteiger partial charge in [-0.3, -0.25) is 9.69 Å². The molecule has 2 aromatic carbocycles. The molecule has 2 heterocycles. The second kappa shape index (κ2) is 11.2. The Morgan fingerprint density at radius 2 is 1.89 bits per heavy atom. The molecule has 0 saturated carbocycles. The van der Waals surface area contributed by atoms with Crippen molar-refractivity contribution in [2.24, 2.45) is 0 Å². The number of hydrogen-bond donors (Lipinski definition) is 0. The quantitative estimate of drug-likeness (QED) is 0.336. The van der Waals surface area contributed by atoms with Crippen LogP contribution >= 0.6 is 38.9 Å². The van der Waals surface area contributed by atoms with Crippen molar-refractivity contribution in [3.63, 3.8) is 0 Å². The predicted molar refractivity (Wildman–Crippen MR) is 146 cm³/mol. The van der Waals surface area contributed by atoms with Crippen LogP contribution in [-0.4, -0.2) is 67.3 Å². The van der Waals surface area contributed by atoms with E-state index in [1.807, 2.05) is 18.2 Å². The minimum absolute atomic E-state index is 0.140. The fraction of sp³-hybridized carbons (Fsp3) is 0.417. The second-order valence-corrected chi connectivity index (χ2v) is 12.6. The van der Waals surface area contributed by atoms with Gasteiger partial charge in [0.1, 0.15) is 6.04 Å². The summed E-state index contributed by atoms with van der Waals surface area (Å²) in [6.07, 6.45) is 1.10. The normalized spacial score (nSPS) is 16.9. The minimum atomic E-state index is -3.84. The lowest BCUT2D eigenvalue weighted by Crippen LogP contribution is -2.49. The Hall–Kier alpha value is -1.56. The van der Waals surface area contributed by atoms with Crippen LogP contribution in [0.1, 0.15) is 26.7 Å². The van der Waals surface area contributed by atoms with Crippen LogP contribution in [0.5, 0.6) is 0 Å². The standard InChI is InChI=1S/C24H28BrClN4O3S2/c1-3-28(4-2)14-15-29(24-27-20-12-7-17(25)16-22(20)34-24)23(31)21-6-5-13-30(21)35(32,33)19-10-8-18(26)9-11-19/h7-12,16,21H,3-6,13-15H2,1-2H3. The van der Waals surface area contributed by atoms with Crippen LogP contribution in [0.15, 0.2) is 51.8 Å². The van der Waals surface area contributed by atoms with Crippen LogP contribution in [-0.2, 0) is 14.8 Å². The Kier molecular flexibility index (Phi) is 8.50. The maximum atomic E-state index is 14.0. The second-order valence-electron chi connectivity index (χ2n) is 8.35. The van der Waals surface area contributed by atoms with Crippen molar-refractivity contribution in [2.45, 2.75) is 37.6 Å². The van der Waals surface area contributed by atoms with Crippen molar-refractivity contribution in [3.8, 4) is 0 Å². The van der Waals surface area contributed by atoms with Crippen molar-refractivity contribution < 1.29 is 13.2 Å². The molecule has 1 aliphatic heterocycles. The molecule has 1 aliphatic rings. The molecule has 1 amide bonds. The summed E-state index contributed by atoms with van der Waals surface area (Å²) >= 11 is 10.9. The summed E-state index contributed by atoms with van der Waals surface area (Å²) < 4.78 is 30.1. The van der Waals surface area contributed by atoms with Gasteiger partial charge in [-0.05, 0) is 68.4 Å². The van der Waals surface area contributed by atoms with E-state index in [2.05, 4.69) is 34.7 Å². The first kappa shape index (κ1) is 26.5. The van der Waals surface area contributed by atoms with Crippen LogP contribution in [0.25, 0.3) is 10.2 Å². The molecule has 1 atom stereocenters. The number of fused-ring (bicyclic) bond motifs is 1. The number of sulfonamides is 1. The number of carbonyl (C=O) groups excluding carboxylic acids is 1. The lowest BCUT2D eigenvalue weighted by Gasteiger charge is -2.30. The van der Waals surface area contributed by atoms with Gasteiger partial charge in [0.2, 0.25) is 15.9 Å². The molecule has 35 heavy (non-hydrogen) atoms. The van der Waals surface area contributed by atoms with E-state index in [9.17, 15) is 13.2 Å². The topological polar surface area (TPSA) is 73.8 Å². The van der Waals surface area contributed by atoms with Gasteiger partial charge in [-0.25, -0.2) is 13.4 Å². The lowest BCUT2D eigenvalue weighted by atomic mass is 10.2. The van der Waals surface area contributed by atoms with Crippen LogP contribution in [0.2, 0.25) is 5.02 Å². The highest BCUT2D eigenvalue weighted by Gasteiger charge is 2.42. The van der Waals surface area contributed by atoms with Gasteiger partial charge in [0.25, 0.3) is 0 Å². The Balaban J connectivity index is 1.67. The van der Waals surface area contributed by atoms with Gasteiger partial charge in [0.15, 0.2) is 5.13 Å². The van der Waals surface area contributed by atoms with E-state index < -0.39 is 16.1 Å². The van der Waals surface area contributed by atoms with Crippen LogP contribution in [0.3, 0.4) is 0 Å². The van der Waals surface area contributed by atoms with Gasteiger partial charge in [-0.2, -0.15) is 4.31 Å². The van der Waals surface area contributed by atoms with Gasteiger partial charge < -0.3 is 4.90 Å². The van der Waals surface area contributed by atoms with Gasteiger partial charge in [-0.15, -0.1) is 0 Å². The van der Waals surface area contributed by atoms with E-state index in [0.29, 0.717) is 42.6 Å². The number of aromatic nitrogens is 1. The Morgan fingerprint density at radius 1 is 1.17 bits per heavy atom. The molecule has 0 bridgehead atoms. The summed E-state index contributed by atoms with van der Waals surface area (Å²) in [5.74, 6) is -0.231. The molecule has 1 fully saturated rings. The molecular weight excluding hydrogens is 572 g/mol. The summed E-state index contributed by atoms with van der Waals surface area (Å²) in [7, 11) is -3.84. The highest BCUT2D eigenvalue weighted by Crippen LogP contribution is 2.34. The number of thiazole rings is 1. The maximum Gasteiger partial charge on any atom is 0.247 e. The fourth-order valence-corrected chi connectivity index (χ4v) is 7.61. The SMILES string of the molecule is CCN(CC)CCN(C(=O)C1CCCN1S(=O)(=O)c1ccc(Cl)cc1)c1nc2ccc(Br)cc2s1. The van der Waals surface area contributed by atoms with Crippen molar-refractivity contribution in [1.29, 1.82) is 0 Å². The first-order chi connectivity index (χ1) is 16.7. The summed E-state index contributed by atoms with van der Waals surface area (Å²) in [5, 5.41) is 1.05. The highest BCUT2D eigenvalue weighted by atomic mass is 79.9. The Morgan fingerprint density at radius 3 is 2.57 bits per heavy atom. The maximum absolute atomic E-state index is 14.0. The zero-order valence-corrected chi connectivity index (χ0v) is 23.6. The van der Waals surface area contributed by atoms with E-state index >= 15 is 0 Å². The summed E-state index contributed by atoms with van der Waals surface area (Å²) in [5.41, 5.74) is 0.811. The largest absolute Gasteiger partial charge is 0.302 e. The number of anilines is 1. The van der Waals surface area contributed by atoms with E-state index in [4.69, 9.17) is 16.6 Å². The van der Waals surface area contributed by atoms with Crippen LogP contribution in [0.4, 0.5) is 5.13 Å². The van der Waals surface area contributed by atoms with Crippen molar-refractivity contribution >= 4 is 70.1 Å². The molecule has 7 nitrogen and oxygen atoms in total. The number of halogens is 2. The molecule has 1 saturated heterocycles. The van der Waals surface area contributed by atoms with Crippen molar-refractivity contribution in [1.82, 2.24) is 14.2 Å². The molecular formula is C24H28BrClN4O3S2. The molecule has 188 valence electrons. The summed E-state index contributed by atoms with van der Waals surface area (Å²) in [6.45, 7) is 7.32. The first-order valence-corrected chi connectivity index (χ1v) is 15.0. The summed E-state index contributed by atoms with van der Waals surface area (Å²) in [4.78, 5) is 22.7. The zero-order valence-electron chi connectivity index (χ0n) is 19.7. The molecule has 0 aliphatic carbocycles. The zero-order chi connectivity index (χ0) is 25.2. The Labute approximate surface area is 223 Å². The predicted octanol–water partition coefficient (Wildman–Crippen LogP) is 5.24. The molecule has 1 aromatic heterocycles. The molecule has 0 N–H and O–H groups in total. The molecule has 3 aromatic rings. The first-order valence-electron chi connectivity index (χ1n) is 11.6. The number of carbonyl (C=O) groups is 1. The van der Waals surface area contributed by atoms with Crippen LogP contribution in [0, 0.1) is 0 Å². The molecule has 1 unspecified atom stereocenters. The third-order valence-electron chi connectivity index (χ3n) is 6.28. The third-order valence-corrected chi connectivity index (χ3v) is 9.99. The fourth-order valence-electron chi connectivity index (χ4n) is 4.28. The van der Waals surface area contributed by atoms with E-state index in [0.717, 1.165) is 27.8 Å². The van der Waals surface area contributed by atoms with Gasteiger partial charge in [-0.1, -0.05) is 52.7 Å². The van der Waals surface area contributed by atoms with Gasteiger partial charge in [0.05, 0.1) is 15.1 Å². The monoisotopic (exact) mass is 598 g/mol. The van der Waals surface area contributed by atoms with E-state index in [1.54, 1.807) is 17.0 Å². The number of nitrogens with zero attached hydrogens (tertiary/aromatic N) is 4. The molecule has 0 radical (unpaired) electrons. The lowest BCUT2D eigenvalue weighted by molar-refractivity contribution is -0.121. The van der Waals surface area contributed by atoms with Crippen LogP contribution < -0.4 is 4.90 Å². The minimum Gasteiger partial charge on any atom is -0.302 e. The number of benzene rings is 2. The number of likely N-dealkylation sites (N-methyl/N-ethyl adjacent to an activating group) is 1. The average molecular weight is 600 g/mol. The number of hydrogen-bond acceptors (Lipinski definition) is 6.